The first-order valence-corrected chi connectivity index (χ1v) is 35.1. The summed E-state index contributed by atoms with van der Waals surface area (Å²) >= 11 is 0. The van der Waals surface area contributed by atoms with Crippen molar-refractivity contribution in [2.24, 2.45) is 0 Å². The highest BCUT2D eigenvalue weighted by molar-refractivity contribution is 4.98. The molecule has 109 heavy (non-hydrogen) atoms. The van der Waals surface area contributed by atoms with Crippen LogP contribution in [0.2, 0.25) is 0 Å². The number of hydrogen-bond acceptors (Lipinski definition) is 49. The largest absolute Gasteiger partial charge is 0.394 e. The fraction of sp³-hybridized carbons (Fsp3) is 1.00. The highest BCUT2D eigenvalue weighted by atomic mass is 16.8. The molecule has 48 atom stereocenters. The van der Waals surface area contributed by atoms with Crippen molar-refractivity contribution in [3.8, 4) is 0 Å². The molecule has 0 spiro atoms. The van der Waals surface area contributed by atoms with Crippen LogP contribution in [0.1, 0.15) is 0 Å². The van der Waals surface area contributed by atoms with Crippen molar-refractivity contribution in [2.75, 3.05) is 79.3 Å². The molecule has 12 heterocycles. The standard InChI is InChI=1S/C60H98O49/c61-1-14-25(63)46(84)60(98-14)109-48-13(62)2-88-59(47(48)85)108-24-12-97-58(45(83)35(24)73)107-23-11-96-57(44(82)34(23)72)106-22-10-95-56(43(81)33(22)71)105-21-9-94-55(42(80)32(21)70)104-20-8-93-54(41(79)31(20)69)103-19-7-92-53(40(78)30(19)68)102-18-6-91-52(39(77)29(18)67)101-17-5-90-51(38(76)28(17)66)100-16-4-89-50(37(75)27(16)65)99-15-3-87-49(86)36(74)26(15)64/h13-86H,1-12H2/t13-,14+,15-,16-,17-,18-,19-,20-,21-,22-,23-,24-,25-,26+,27+,28+,29+,30+,31+,32+,33+,34+,35+,36?,37?,38?,39?,40?,41?,42?,43?,44?,45?,46?,47?,48+,49-,50+,51-,52-,53-,54-,55-,56-,57-,58-,59+,60+/m1/s1. The molecule has 49 nitrogen and oxygen atoms in total. The third-order valence-electron chi connectivity index (χ3n) is 20.7. The number of aliphatic hydroxyl groups is 26. The van der Waals surface area contributed by atoms with Gasteiger partial charge in [-0.2, -0.15) is 0 Å². The molecule has 12 aliphatic rings. The van der Waals surface area contributed by atoms with Crippen LogP contribution < -0.4 is 0 Å². The van der Waals surface area contributed by atoms with Crippen LogP contribution in [0, 0.1) is 0 Å². The monoisotopic (exact) mass is 1600 g/mol. The first-order chi connectivity index (χ1) is 51.8. The third-order valence-corrected chi connectivity index (χ3v) is 20.7. The second-order valence-electron chi connectivity index (χ2n) is 28.2. The Kier molecular flexibility index (Phi) is 29.6. The SMILES string of the molecule is OC[C@@H]1O[C@@H](O[C@@H]2C(O)[C@H](O[C@@H]3CO[C@H](O[C@@H]4CO[C@H](O[C@@H]5CO[C@H](O[C@@H]6CO[C@H](O[C@@H]7CO[C@H](O[C@@H]8CO[C@H](O[C@@H]9CO[C@H](O[C@@H]%10CO[C@H](O[C@@H]%11CO[C@@H](O[C@@H]%12CO[C@@H](O)C(O)[C@H]%12O)C(O)[C@H]%11O)C(O)[C@H]%10O)C(O)[C@H]9O)C(O)[C@H]8O)C(O)[C@H]7O)C(O)[C@H]6O)C(O)[C@H]5O)C(O)[C@H]4O)C(O)[C@H]3O)OC[C@H]2O)C(O)[C@@H]1O. The topological polar surface area (TPSA) is 738 Å². The van der Waals surface area contributed by atoms with Crippen LogP contribution in [0.15, 0.2) is 0 Å². The van der Waals surface area contributed by atoms with Crippen LogP contribution in [0.25, 0.3) is 0 Å². The van der Waals surface area contributed by atoms with Crippen LogP contribution in [0.5, 0.6) is 0 Å². The normalized spacial score (nSPS) is 54.7. The molecule has 12 aliphatic heterocycles. The molecule has 12 fully saturated rings. The first kappa shape index (κ1) is 86.4. The van der Waals surface area contributed by atoms with E-state index in [1.165, 1.54) is 0 Å². The minimum atomic E-state index is -1.97. The molecule has 0 aromatic carbocycles. The minimum Gasteiger partial charge on any atom is -0.394 e. The van der Waals surface area contributed by atoms with E-state index in [1.807, 2.05) is 0 Å². The second-order valence-corrected chi connectivity index (χ2v) is 28.2. The van der Waals surface area contributed by atoms with E-state index in [2.05, 4.69) is 0 Å². The van der Waals surface area contributed by atoms with Crippen molar-refractivity contribution in [1.29, 1.82) is 0 Å². The predicted molar refractivity (Wildman–Crippen MR) is 323 cm³/mol. The van der Waals surface area contributed by atoms with Gasteiger partial charge in [0.05, 0.1) is 79.3 Å². The summed E-state index contributed by atoms with van der Waals surface area (Å²) in [6.45, 7) is -6.65. The van der Waals surface area contributed by atoms with Crippen molar-refractivity contribution < 1.29 is 242 Å². The summed E-state index contributed by atoms with van der Waals surface area (Å²) in [6.07, 6.45) is -81.4. The lowest BCUT2D eigenvalue weighted by Crippen LogP contribution is -2.64. The van der Waals surface area contributed by atoms with E-state index in [0.717, 1.165) is 0 Å². The molecule has 0 aromatic rings. The number of aliphatic hydroxyl groups excluding tert-OH is 26. The Bertz CT molecular complexity index is 2790. The van der Waals surface area contributed by atoms with Gasteiger partial charge in [0.25, 0.3) is 0 Å². The average molecular weight is 1600 g/mol. The van der Waals surface area contributed by atoms with Gasteiger partial charge in [-0.05, 0) is 0 Å². The summed E-state index contributed by atoms with van der Waals surface area (Å²) in [5.41, 5.74) is 0. The maximum atomic E-state index is 11.1. The van der Waals surface area contributed by atoms with Crippen LogP contribution >= 0.6 is 0 Å². The number of ether oxygens (including phenoxy) is 23. The summed E-state index contributed by atoms with van der Waals surface area (Å²) in [5.74, 6) is 0. The number of hydrogen-bond donors (Lipinski definition) is 26. The van der Waals surface area contributed by atoms with Gasteiger partial charge in [-0.25, -0.2) is 0 Å². The van der Waals surface area contributed by atoms with Crippen molar-refractivity contribution in [3.63, 3.8) is 0 Å². The quantitative estimate of drug-likeness (QED) is 0.0452. The molecule has 0 amide bonds. The summed E-state index contributed by atoms with van der Waals surface area (Å²) in [5, 5.41) is 279. The maximum absolute atomic E-state index is 11.1. The molecule has 12 rings (SSSR count). The first-order valence-electron chi connectivity index (χ1n) is 35.1. The van der Waals surface area contributed by atoms with Crippen LogP contribution in [-0.2, 0) is 109 Å². The summed E-state index contributed by atoms with van der Waals surface area (Å²) in [6, 6.07) is 0. The van der Waals surface area contributed by atoms with Crippen molar-refractivity contribution in [1.82, 2.24) is 0 Å². The molecule has 0 aliphatic carbocycles. The Morgan fingerprint density at radius 1 is 0.183 bits per heavy atom. The van der Waals surface area contributed by atoms with Gasteiger partial charge < -0.3 is 242 Å². The molecule has 0 saturated carbocycles. The maximum Gasteiger partial charge on any atom is 0.187 e. The lowest BCUT2D eigenvalue weighted by Gasteiger charge is -2.46. The van der Waals surface area contributed by atoms with E-state index in [9.17, 15) is 133 Å². The van der Waals surface area contributed by atoms with Crippen LogP contribution in [0.4, 0.5) is 0 Å². The molecule has 0 bridgehead atoms. The molecule has 12 saturated heterocycles. The molecule has 49 heteroatoms. The summed E-state index contributed by atoms with van der Waals surface area (Å²) in [4.78, 5) is 0. The van der Waals surface area contributed by atoms with E-state index in [0.29, 0.717) is 0 Å². The van der Waals surface area contributed by atoms with Gasteiger partial charge in [0.1, 0.15) is 220 Å². The van der Waals surface area contributed by atoms with E-state index < -0.39 is 375 Å². The zero-order valence-corrected chi connectivity index (χ0v) is 57.2. The Hall–Kier alpha value is -1.96. The van der Waals surface area contributed by atoms with Crippen LogP contribution in [0.3, 0.4) is 0 Å². The molecule has 0 aromatic heterocycles. The van der Waals surface area contributed by atoms with Gasteiger partial charge in [0.2, 0.25) is 0 Å². The predicted octanol–water partition coefficient (Wildman–Crippen LogP) is -19.5. The fourth-order valence-electron chi connectivity index (χ4n) is 13.9. The Balaban J connectivity index is 0.523. The Labute approximate surface area is 614 Å². The molecule has 12 unspecified atom stereocenters. The lowest BCUT2D eigenvalue weighted by atomic mass is 10.0. The zero-order chi connectivity index (χ0) is 78.5. The van der Waals surface area contributed by atoms with E-state index in [-0.39, 0.29) is 0 Å². The number of rotatable bonds is 23. The molecule has 26 N–H and O–H groups in total. The molecule has 632 valence electrons. The highest BCUT2D eigenvalue weighted by Crippen LogP contribution is 2.37. The van der Waals surface area contributed by atoms with Gasteiger partial charge in [-0.3, -0.25) is 0 Å². The third kappa shape index (κ3) is 18.8. The second kappa shape index (κ2) is 37.3. The van der Waals surface area contributed by atoms with Crippen molar-refractivity contribution in [3.05, 3.63) is 0 Å². The smallest absolute Gasteiger partial charge is 0.187 e. The minimum absolute atomic E-state index is 0.406. The van der Waals surface area contributed by atoms with Crippen molar-refractivity contribution in [2.45, 2.75) is 295 Å². The van der Waals surface area contributed by atoms with Gasteiger partial charge in [-0.15, -0.1) is 0 Å². The lowest BCUT2D eigenvalue weighted by molar-refractivity contribution is -0.370. The highest BCUT2D eigenvalue weighted by Gasteiger charge is 2.57. The Morgan fingerprint density at radius 2 is 0.367 bits per heavy atom. The fourth-order valence-corrected chi connectivity index (χ4v) is 13.9. The molecule has 0 radical (unpaired) electrons. The van der Waals surface area contributed by atoms with Gasteiger partial charge in [0, 0.05) is 0 Å². The summed E-state index contributed by atoms with van der Waals surface area (Å²) < 4.78 is 127. The van der Waals surface area contributed by atoms with Crippen molar-refractivity contribution >= 4 is 0 Å². The summed E-state index contributed by atoms with van der Waals surface area (Å²) in [7, 11) is 0. The molecular weight excluding hydrogens is 1500 g/mol. The van der Waals surface area contributed by atoms with E-state index in [4.69, 9.17) is 109 Å². The van der Waals surface area contributed by atoms with E-state index in [1.54, 1.807) is 0 Å². The average Bonchev–Trinajstić information content (AvgIpc) is 1.12. The molecular formula is C60H98O49. The van der Waals surface area contributed by atoms with Gasteiger partial charge in [0.15, 0.2) is 75.5 Å². The van der Waals surface area contributed by atoms with Crippen LogP contribution in [-0.4, -0.2) is 507 Å². The van der Waals surface area contributed by atoms with Gasteiger partial charge in [-0.1, -0.05) is 0 Å². The van der Waals surface area contributed by atoms with E-state index >= 15 is 0 Å². The zero-order valence-electron chi connectivity index (χ0n) is 57.2. The Morgan fingerprint density at radius 3 is 0.578 bits per heavy atom. The van der Waals surface area contributed by atoms with Gasteiger partial charge >= 0.3 is 0 Å².